The minimum Gasteiger partial charge on any atom is -0.468 e. The number of halogens is 1. The van der Waals surface area contributed by atoms with Gasteiger partial charge in [-0.2, -0.15) is 0 Å². The Balaban J connectivity index is 2.87. The van der Waals surface area contributed by atoms with E-state index < -0.39 is 16.6 Å². The number of aromatic nitrogens is 2. The van der Waals surface area contributed by atoms with Gasteiger partial charge in [-0.3, -0.25) is 0 Å². The molecule has 0 spiro atoms. The molecule has 1 heterocycles. The van der Waals surface area contributed by atoms with Crippen molar-refractivity contribution in [2.75, 3.05) is 13.2 Å². The van der Waals surface area contributed by atoms with Gasteiger partial charge in [0.25, 0.3) is 0 Å². The van der Waals surface area contributed by atoms with Crippen molar-refractivity contribution < 1.29 is 13.6 Å². The van der Waals surface area contributed by atoms with Gasteiger partial charge in [0.2, 0.25) is 5.88 Å². The van der Waals surface area contributed by atoms with E-state index in [1.807, 2.05) is 0 Å². The minimum atomic E-state index is -1.89. The molecule has 0 bridgehead atoms. The van der Waals surface area contributed by atoms with Gasteiger partial charge in [0.15, 0.2) is 21.8 Å². The summed E-state index contributed by atoms with van der Waals surface area (Å²) in [5.74, 6) is 0.432. The molecule has 0 fully saturated rings. The van der Waals surface area contributed by atoms with Gasteiger partial charge in [0, 0.05) is 6.07 Å². The highest BCUT2D eigenvalue weighted by Gasteiger charge is 2.40. The number of ether oxygens (including phenoxy) is 1. The molecule has 0 aromatic carbocycles. The van der Waals surface area contributed by atoms with Crippen molar-refractivity contribution in [3.8, 4) is 5.88 Å². The quantitative estimate of drug-likeness (QED) is 0.477. The Morgan fingerprint density at radius 1 is 0.852 bits per heavy atom. The van der Waals surface area contributed by atoms with Crippen molar-refractivity contribution in [1.82, 2.24) is 10.2 Å². The molecule has 0 amide bonds. The molecule has 0 unspecified atom stereocenters. The van der Waals surface area contributed by atoms with Crippen molar-refractivity contribution in [3.05, 3.63) is 17.3 Å². The molecule has 0 aliphatic heterocycles. The monoisotopic (exact) mass is 432 g/mol. The summed E-state index contributed by atoms with van der Waals surface area (Å²) in [7, 11) is -3.77. The molecule has 0 saturated heterocycles. The molecule has 0 aliphatic rings. The molecular weight excluding hydrogens is 396 g/mol. The third-order valence-electron chi connectivity index (χ3n) is 5.77. The van der Waals surface area contributed by atoms with Crippen molar-refractivity contribution in [3.63, 3.8) is 0 Å². The molecule has 156 valence electrons. The number of hydrogen-bond acceptors (Lipinski definition) is 5. The maximum atomic E-state index is 6.38. The Bertz CT molecular complexity index is 566. The first-order valence-electron chi connectivity index (χ1n) is 9.49. The van der Waals surface area contributed by atoms with Gasteiger partial charge >= 0.3 is 0 Å². The van der Waals surface area contributed by atoms with Gasteiger partial charge in [-0.05, 0) is 42.3 Å². The molecule has 0 aliphatic carbocycles. The molecular formula is C19H37ClN2O3Si2. The number of nitrogens with zero attached hydrogens (tertiary/aromatic N) is 2. The van der Waals surface area contributed by atoms with Crippen LogP contribution in [0.4, 0.5) is 0 Å². The van der Waals surface area contributed by atoms with E-state index in [1.165, 1.54) is 0 Å². The van der Waals surface area contributed by atoms with Crippen LogP contribution in [0, 0.1) is 0 Å². The summed E-state index contributed by atoms with van der Waals surface area (Å²) in [5, 5.41) is 8.48. The molecule has 0 radical (unpaired) electrons. The highest BCUT2D eigenvalue weighted by Crippen LogP contribution is 2.38. The lowest BCUT2D eigenvalue weighted by molar-refractivity contribution is 0.0665. The van der Waals surface area contributed by atoms with E-state index in [0.29, 0.717) is 24.2 Å². The van der Waals surface area contributed by atoms with Crippen molar-refractivity contribution in [2.45, 2.75) is 83.9 Å². The topological polar surface area (TPSA) is 53.5 Å². The fraction of sp³-hybridized carbons (Fsp3) is 0.789. The second-order valence-corrected chi connectivity index (χ2v) is 20.1. The highest BCUT2D eigenvalue weighted by atomic mass is 35.5. The first-order chi connectivity index (χ1) is 12.1. The third kappa shape index (κ3) is 7.46. The maximum absolute atomic E-state index is 6.38. The van der Waals surface area contributed by atoms with Gasteiger partial charge in [0.05, 0.1) is 13.2 Å². The molecule has 1 aromatic heterocycles. The largest absolute Gasteiger partial charge is 0.468 e. The van der Waals surface area contributed by atoms with E-state index in [4.69, 9.17) is 25.2 Å². The van der Waals surface area contributed by atoms with Crippen molar-refractivity contribution >= 4 is 28.2 Å². The molecule has 0 saturated carbocycles. The van der Waals surface area contributed by atoms with Crippen molar-refractivity contribution in [1.29, 1.82) is 0 Å². The molecule has 1 aromatic rings. The van der Waals surface area contributed by atoms with E-state index in [0.717, 1.165) is 0 Å². The second kappa shape index (κ2) is 8.90. The van der Waals surface area contributed by atoms with Gasteiger partial charge in [-0.15, -0.1) is 10.2 Å². The SMILES string of the molecule is CC(C)(C)[Si](C)(C)OCC(CO[Si](C)(C)C(C)(C)C)Oc1ccc(Cl)nn1. The normalized spacial score (nSPS) is 13.9. The average Bonchev–Trinajstić information content (AvgIpc) is 2.49. The fourth-order valence-corrected chi connectivity index (χ4v) is 3.86. The zero-order valence-corrected chi connectivity index (χ0v) is 21.4. The van der Waals surface area contributed by atoms with Crippen molar-refractivity contribution in [2.24, 2.45) is 0 Å². The summed E-state index contributed by atoms with van der Waals surface area (Å²) in [6.45, 7) is 23.3. The molecule has 27 heavy (non-hydrogen) atoms. The molecule has 8 heteroatoms. The smallest absolute Gasteiger partial charge is 0.233 e. The Kier molecular flexibility index (Phi) is 8.10. The predicted octanol–water partition coefficient (Wildman–Crippen LogP) is 5.92. The lowest BCUT2D eigenvalue weighted by Crippen LogP contribution is -2.47. The Morgan fingerprint density at radius 2 is 1.30 bits per heavy atom. The molecule has 0 atom stereocenters. The van der Waals surface area contributed by atoms with E-state index >= 15 is 0 Å². The van der Waals surface area contributed by atoms with Gasteiger partial charge < -0.3 is 13.6 Å². The Labute approximate surface area is 172 Å². The van der Waals surface area contributed by atoms with Crippen LogP contribution < -0.4 is 4.74 Å². The minimum absolute atomic E-state index is 0.137. The Morgan fingerprint density at radius 3 is 1.63 bits per heavy atom. The van der Waals surface area contributed by atoms with Crippen LogP contribution in [0.25, 0.3) is 0 Å². The predicted molar refractivity (Wildman–Crippen MR) is 118 cm³/mol. The lowest BCUT2D eigenvalue weighted by Gasteiger charge is -2.39. The number of rotatable bonds is 8. The summed E-state index contributed by atoms with van der Waals surface area (Å²) in [4.78, 5) is 0. The summed E-state index contributed by atoms with van der Waals surface area (Å²) in [5.41, 5.74) is 0. The zero-order chi connectivity index (χ0) is 21.1. The summed E-state index contributed by atoms with van der Waals surface area (Å²) in [6.07, 6.45) is -0.247. The van der Waals surface area contributed by atoms with E-state index in [1.54, 1.807) is 12.1 Å². The van der Waals surface area contributed by atoms with Crippen LogP contribution in [0.1, 0.15) is 41.5 Å². The number of hydrogen-bond donors (Lipinski definition) is 0. The standard InChI is InChI=1S/C19H37ClN2O3Si2/c1-18(2,3)26(7,8)23-13-15(14-24-27(9,10)19(4,5)6)25-17-12-11-16(20)21-22-17/h11-12,15H,13-14H2,1-10H3. The molecule has 1 rings (SSSR count). The van der Waals surface area contributed by atoms with Crippen LogP contribution in [0.5, 0.6) is 5.88 Å². The Hall–Kier alpha value is -0.476. The fourth-order valence-electron chi connectivity index (χ4n) is 1.69. The summed E-state index contributed by atoms with van der Waals surface area (Å²) >= 11 is 5.82. The first-order valence-corrected chi connectivity index (χ1v) is 15.7. The van der Waals surface area contributed by atoms with Crippen LogP contribution >= 0.6 is 11.6 Å². The lowest BCUT2D eigenvalue weighted by atomic mass is 10.2. The molecule has 5 nitrogen and oxygen atoms in total. The van der Waals surface area contributed by atoms with Gasteiger partial charge in [-0.1, -0.05) is 53.1 Å². The van der Waals surface area contributed by atoms with Crippen LogP contribution in [0.15, 0.2) is 12.1 Å². The van der Waals surface area contributed by atoms with Crippen LogP contribution in [-0.4, -0.2) is 46.1 Å². The maximum Gasteiger partial charge on any atom is 0.233 e. The van der Waals surface area contributed by atoms with E-state index in [2.05, 4.69) is 77.9 Å². The summed E-state index contributed by atoms with van der Waals surface area (Å²) < 4.78 is 18.8. The van der Waals surface area contributed by atoms with E-state index in [9.17, 15) is 0 Å². The third-order valence-corrected chi connectivity index (χ3v) is 15.0. The van der Waals surface area contributed by atoms with Crippen LogP contribution in [-0.2, 0) is 8.85 Å². The first kappa shape index (κ1) is 24.6. The van der Waals surface area contributed by atoms with Crippen LogP contribution in [0.3, 0.4) is 0 Å². The summed E-state index contributed by atoms with van der Waals surface area (Å²) in [6, 6.07) is 3.39. The highest BCUT2D eigenvalue weighted by molar-refractivity contribution is 6.74. The average molecular weight is 433 g/mol. The van der Waals surface area contributed by atoms with Crippen LogP contribution in [0.2, 0.25) is 41.4 Å². The second-order valence-electron chi connectivity index (χ2n) is 10.1. The van der Waals surface area contributed by atoms with E-state index in [-0.39, 0.29) is 16.2 Å². The van der Waals surface area contributed by atoms with Gasteiger partial charge in [0.1, 0.15) is 6.10 Å². The molecule has 0 N–H and O–H groups in total. The zero-order valence-electron chi connectivity index (χ0n) is 18.6. The van der Waals surface area contributed by atoms with Gasteiger partial charge in [-0.25, -0.2) is 0 Å².